The van der Waals surface area contributed by atoms with Crippen LogP contribution in [0.3, 0.4) is 0 Å². The Balaban J connectivity index is 0.00000242. The highest BCUT2D eigenvalue weighted by Crippen LogP contribution is 2.29. The molecule has 0 radical (unpaired) electrons. The molecule has 2 aromatic rings. The molecule has 0 atom stereocenters. The lowest BCUT2D eigenvalue weighted by Gasteiger charge is -2.13. The highest BCUT2D eigenvalue weighted by Gasteiger charge is 2.07. The summed E-state index contributed by atoms with van der Waals surface area (Å²) in [6, 6.07) is 10.3. The number of halogens is 1. The summed E-state index contributed by atoms with van der Waals surface area (Å²) in [4.78, 5) is 1.21. The van der Waals surface area contributed by atoms with E-state index in [1.54, 1.807) is 11.3 Å². The van der Waals surface area contributed by atoms with E-state index in [2.05, 4.69) is 35.8 Å². The van der Waals surface area contributed by atoms with Gasteiger partial charge >= 0.3 is 0 Å². The number of hydrogen-bond acceptors (Lipinski definition) is 4. The average Bonchev–Trinajstić information content (AvgIpc) is 3.00. The molecule has 1 aromatic carbocycles. The Bertz CT molecular complexity index is 531. The van der Waals surface area contributed by atoms with Gasteiger partial charge in [0.15, 0.2) is 11.5 Å². The topological polar surface area (TPSA) is 30.5 Å². The molecule has 1 N–H and O–H groups in total. The summed E-state index contributed by atoms with van der Waals surface area (Å²) in [5.41, 5.74) is 1.22. The summed E-state index contributed by atoms with van der Waals surface area (Å²) in [5, 5.41) is 5.46. The van der Waals surface area contributed by atoms with Crippen LogP contribution in [0.4, 0.5) is 0 Å². The molecule has 0 aliphatic carbocycles. The Morgan fingerprint density at radius 3 is 2.64 bits per heavy atom. The van der Waals surface area contributed by atoms with E-state index < -0.39 is 0 Å². The van der Waals surface area contributed by atoms with E-state index in [-0.39, 0.29) is 12.4 Å². The minimum Gasteiger partial charge on any atom is -0.490 e. The second kappa shape index (κ2) is 10.5. The molecule has 1 aromatic heterocycles. The SMILES string of the molecule is CCCNCc1ccc(OCc2cccs2)c(OCC)c1.Cl. The number of ether oxygens (including phenoxy) is 2. The van der Waals surface area contributed by atoms with E-state index in [1.165, 1.54) is 10.4 Å². The Morgan fingerprint density at radius 2 is 1.95 bits per heavy atom. The monoisotopic (exact) mass is 341 g/mol. The summed E-state index contributed by atoms with van der Waals surface area (Å²) in [6.45, 7) is 7.28. The maximum atomic E-state index is 5.88. The quantitative estimate of drug-likeness (QED) is 0.673. The third-order valence-electron chi connectivity index (χ3n) is 3.01. The van der Waals surface area contributed by atoms with Gasteiger partial charge in [-0.2, -0.15) is 0 Å². The molecule has 0 amide bonds. The molecule has 5 heteroatoms. The number of nitrogens with one attached hydrogen (secondary N) is 1. The Hall–Kier alpha value is -1.23. The van der Waals surface area contributed by atoms with Crippen molar-refractivity contribution in [2.45, 2.75) is 33.4 Å². The molecule has 0 aliphatic rings. The minimum atomic E-state index is 0. The second-order valence-corrected chi connectivity index (χ2v) is 5.79. The van der Waals surface area contributed by atoms with Crippen LogP contribution in [0.15, 0.2) is 35.7 Å². The molecular weight excluding hydrogens is 318 g/mol. The van der Waals surface area contributed by atoms with Gasteiger partial charge in [-0.1, -0.05) is 19.1 Å². The number of hydrogen-bond donors (Lipinski definition) is 1. The predicted molar refractivity (Wildman–Crippen MR) is 95.5 cm³/mol. The van der Waals surface area contributed by atoms with Crippen molar-refractivity contribution in [2.75, 3.05) is 13.2 Å². The zero-order chi connectivity index (χ0) is 14.9. The van der Waals surface area contributed by atoms with Gasteiger partial charge in [-0.3, -0.25) is 0 Å². The first-order valence-corrected chi connectivity index (χ1v) is 8.33. The third-order valence-corrected chi connectivity index (χ3v) is 3.86. The van der Waals surface area contributed by atoms with Crippen molar-refractivity contribution in [3.8, 4) is 11.5 Å². The van der Waals surface area contributed by atoms with Gasteiger partial charge in [0, 0.05) is 11.4 Å². The van der Waals surface area contributed by atoms with E-state index in [0.29, 0.717) is 13.2 Å². The first kappa shape index (κ1) is 18.8. The maximum absolute atomic E-state index is 5.88. The van der Waals surface area contributed by atoms with Crippen LogP contribution >= 0.6 is 23.7 Å². The molecule has 122 valence electrons. The van der Waals surface area contributed by atoms with Gasteiger partial charge in [0.1, 0.15) is 6.61 Å². The standard InChI is InChI=1S/C17H23NO2S.ClH/c1-3-9-18-12-14-7-8-16(17(11-14)19-4-2)20-13-15-6-5-10-21-15;/h5-8,10-11,18H,3-4,9,12-13H2,1-2H3;1H. The highest BCUT2D eigenvalue weighted by molar-refractivity contribution is 7.09. The van der Waals surface area contributed by atoms with Crippen molar-refractivity contribution in [3.05, 3.63) is 46.2 Å². The Kier molecular flexibility index (Phi) is 8.97. The van der Waals surface area contributed by atoms with E-state index in [9.17, 15) is 0 Å². The number of benzene rings is 1. The zero-order valence-electron chi connectivity index (χ0n) is 13.1. The molecule has 22 heavy (non-hydrogen) atoms. The fourth-order valence-corrected chi connectivity index (χ4v) is 2.62. The normalized spacial score (nSPS) is 10.1. The van der Waals surface area contributed by atoms with Crippen LogP contribution in [0, 0.1) is 0 Å². The average molecular weight is 342 g/mol. The Labute approximate surface area is 143 Å². The Morgan fingerprint density at radius 1 is 1.09 bits per heavy atom. The molecular formula is C17H24ClNO2S. The van der Waals surface area contributed by atoms with Crippen LogP contribution in [0.25, 0.3) is 0 Å². The van der Waals surface area contributed by atoms with Crippen molar-refractivity contribution >= 4 is 23.7 Å². The van der Waals surface area contributed by atoms with Crippen LogP contribution in [0.5, 0.6) is 11.5 Å². The number of rotatable bonds is 9. The van der Waals surface area contributed by atoms with Crippen molar-refractivity contribution in [1.82, 2.24) is 5.32 Å². The van der Waals surface area contributed by atoms with Crippen molar-refractivity contribution in [2.24, 2.45) is 0 Å². The molecule has 0 saturated heterocycles. The fraction of sp³-hybridized carbons (Fsp3) is 0.412. The lowest BCUT2D eigenvalue weighted by Crippen LogP contribution is -2.13. The molecule has 0 aliphatic heterocycles. The van der Waals surface area contributed by atoms with E-state index in [4.69, 9.17) is 9.47 Å². The summed E-state index contributed by atoms with van der Waals surface area (Å²) < 4.78 is 11.6. The molecule has 3 nitrogen and oxygen atoms in total. The molecule has 0 bridgehead atoms. The van der Waals surface area contributed by atoms with Gasteiger partial charge in [0.05, 0.1) is 6.61 Å². The zero-order valence-corrected chi connectivity index (χ0v) is 14.8. The van der Waals surface area contributed by atoms with Gasteiger partial charge in [-0.05, 0) is 49.0 Å². The summed E-state index contributed by atoms with van der Waals surface area (Å²) >= 11 is 1.70. The minimum absolute atomic E-state index is 0. The molecule has 0 unspecified atom stereocenters. The lowest BCUT2D eigenvalue weighted by molar-refractivity contribution is 0.271. The van der Waals surface area contributed by atoms with Crippen LogP contribution in [-0.4, -0.2) is 13.2 Å². The van der Waals surface area contributed by atoms with Gasteiger partial charge < -0.3 is 14.8 Å². The molecule has 0 saturated carbocycles. The second-order valence-electron chi connectivity index (χ2n) is 4.76. The van der Waals surface area contributed by atoms with Crippen LogP contribution in [-0.2, 0) is 13.2 Å². The van der Waals surface area contributed by atoms with Crippen molar-refractivity contribution in [3.63, 3.8) is 0 Å². The first-order valence-electron chi connectivity index (χ1n) is 7.45. The molecule has 2 rings (SSSR count). The molecule has 0 spiro atoms. The van der Waals surface area contributed by atoms with E-state index in [0.717, 1.165) is 31.0 Å². The van der Waals surface area contributed by atoms with Crippen molar-refractivity contribution < 1.29 is 9.47 Å². The summed E-state index contributed by atoms with van der Waals surface area (Å²) in [7, 11) is 0. The van der Waals surface area contributed by atoms with E-state index in [1.807, 2.05) is 19.1 Å². The lowest BCUT2D eigenvalue weighted by atomic mass is 10.2. The third kappa shape index (κ3) is 5.87. The van der Waals surface area contributed by atoms with Gasteiger partial charge in [0.25, 0.3) is 0 Å². The maximum Gasteiger partial charge on any atom is 0.161 e. The summed E-state index contributed by atoms with van der Waals surface area (Å²) in [5.74, 6) is 1.63. The molecule has 1 heterocycles. The predicted octanol–water partition coefficient (Wildman–Crippen LogP) is 4.65. The smallest absolute Gasteiger partial charge is 0.161 e. The van der Waals surface area contributed by atoms with Crippen LogP contribution in [0.1, 0.15) is 30.7 Å². The van der Waals surface area contributed by atoms with Gasteiger partial charge in [-0.15, -0.1) is 23.7 Å². The molecule has 0 fully saturated rings. The van der Waals surface area contributed by atoms with Crippen LogP contribution in [0.2, 0.25) is 0 Å². The first-order chi connectivity index (χ1) is 10.3. The fourth-order valence-electron chi connectivity index (χ4n) is 2.00. The van der Waals surface area contributed by atoms with Gasteiger partial charge in [-0.25, -0.2) is 0 Å². The highest BCUT2D eigenvalue weighted by atomic mass is 35.5. The van der Waals surface area contributed by atoms with Crippen LogP contribution < -0.4 is 14.8 Å². The summed E-state index contributed by atoms with van der Waals surface area (Å²) in [6.07, 6.45) is 1.14. The van der Waals surface area contributed by atoms with Crippen molar-refractivity contribution in [1.29, 1.82) is 0 Å². The van der Waals surface area contributed by atoms with E-state index >= 15 is 0 Å². The number of thiophene rings is 1. The van der Waals surface area contributed by atoms with Gasteiger partial charge in [0.2, 0.25) is 0 Å². The largest absolute Gasteiger partial charge is 0.490 e.